The molecule has 0 radical (unpaired) electrons. The Kier molecular flexibility index (Phi) is 3.99. The molecule has 6 atom stereocenters. The maximum absolute atomic E-state index is 12.4. The van der Waals surface area contributed by atoms with Crippen molar-refractivity contribution >= 4 is 5.97 Å². The van der Waals surface area contributed by atoms with Crippen molar-refractivity contribution in [3.63, 3.8) is 0 Å². The van der Waals surface area contributed by atoms with Gasteiger partial charge in [-0.2, -0.15) is 0 Å². The van der Waals surface area contributed by atoms with E-state index in [0.717, 1.165) is 18.4 Å². The van der Waals surface area contributed by atoms with Gasteiger partial charge in [0.05, 0.1) is 12.0 Å². The Morgan fingerprint density at radius 2 is 2.13 bits per heavy atom. The lowest BCUT2D eigenvalue weighted by molar-refractivity contribution is -0.160. The third kappa shape index (κ3) is 2.48. The average molecular weight is 318 g/mol. The average Bonchev–Trinajstić information content (AvgIpc) is 3.05. The number of aliphatic hydroxyl groups is 1. The third-order valence-corrected chi connectivity index (χ3v) is 6.69. The van der Waals surface area contributed by atoms with Crippen molar-refractivity contribution < 1.29 is 14.6 Å². The zero-order valence-electron chi connectivity index (χ0n) is 15.0. The summed E-state index contributed by atoms with van der Waals surface area (Å²) in [6, 6.07) is 0. The summed E-state index contributed by atoms with van der Waals surface area (Å²) in [6.45, 7) is 10.8. The first-order valence-electron chi connectivity index (χ1n) is 9.01. The van der Waals surface area contributed by atoms with Crippen LogP contribution in [0.3, 0.4) is 0 Å². The topological polar surface area (TPSA) is 46.5 Å². The maximum Gasteiger partial charge on any atom is 0.308 e. The second kappa shape index (κ2) is 5.47. The smallest absolute Gasteiger partial charge is 0.308 e. The van der Waals surface area contributed by atoms with E-state index in [1.807, 2.05) is 19.9 Å². The summed E-state index contributed by atoms with van der Waals surface area (Å²) in [7, 11) is 0. The summed E-state index contributed by atoms with van der Waals surface area (Å²) in [5.74, 6) is 0.483. The second-order valence-electron chi connectivity index (χ2n) is 8.48. The number of rotatable bonds is 3. The van der Waals surface area contributed by atoms with E-state index in [9.17, 15) is 9.90 Å². The summed E-state index contributed by atoms with van der Waals surface area (Å²) >= 11 is 0. The van der Waals surface area contributed by atoms with Crippen LogP contribution < -0.4 is 0 Å². The van der Waals surface area contributed by atoms with Crippen LogP contribution in [0, 0.1) is 28.6 Å². The van der Waals surface area contributed by atoms with Crippen LogP contribution in [0.5, 0.6) is 0 Å². The highest BCUT2D eigenvalue weighted by Crippen LogP contribution is 2.75. The molecular formula is C20H30O3. The highest BCUT2D eigenvalue weighted by atomic mass is 16.5. The van der Waals surface area contributed by atoms with Crippen molar-refractivity contribution in [1.29, 1.82) is 0 Å². The maximum atomic E-state index is 12.4. The normalized spacial score (nSPS) is 41.9. The van der Waals surface area contributed by atoms with Crippen LogP contribution in [0.15, 0.2) is 23.8 Å². The molecule has 4 unspecified atom stereocenters. The van der Waals surface area contributed by atoms with Gasteiger partial charge in [0.15, 0.2) is 0 Å². The lowest BCUT2D eigenvalue weighted by Gasteiger charge is -2.45. The van der Waals surface area contributed by atoms with Gasteiger partial charge in [-0.25, -0.2) is 0 Å². The van der Waals surface area contributed by atoms with Gasteiger partial charge in [-0.15, -0.1) is 0 Å². The summed E-state index contributed by atoms with van der Waals surface area (Å²) in [4.78, 5) is 12.4. The largest absolute Gasteiger partial charge is 0.461 e. The fourth-order valence-electron chi connectivity index (χ4n) is 5.02. The molecule has 0 heterocycles. The SMILES string of the molecule is CC[C@H](C)C(=O)OC1CC(O)C=C2C=CC(C)C3(CC3(C)C)[C@H]21. The van der Waals surface area contributed by atoms with Crippen molar-refractivity contribution in [2.45, 2.75) is 66.1 Å². The molecule has 3 aliphatic rings. The monoisotopic (exact) mass is 318 g/mol. The Labute approximate surface area is 139 Å². The Hall–Kier alpha value is -1.09. The molecule has 0 aromatic rings. The predicted molar refractivity (Wildman–Crippen MR) is 90.7 cm³/mol. The number of carbonyl (C=O) groups excluding carboxylic acids is 1. The minimum absolute atomic E-state index is 0.0822. The molecule has 0 aromatic carbocycles. The summed E-state index contributed by atoms with van der Waals surface area (Å²) in [6.07, 6.45) is 8.11. The first kappa shape index (κ1) is 16.8. The fraction of sp³-hybridized carbons (Fsp3) is 0.750. The van der Waals surface area contributed by atoms with E-state index in [0.29, 0.717) is 12.3 Å². The van der Waals surface area contributed by atoms with Crippen LogP contribution in [-0.4, -0.2) is 23.3 Å². The number of hydrogen-bond acceptors (Lipinski definition) is 3. The van der Waals surface area contributed by atoms with Crippen molar-refractivity contribution in [3.8, 4) is 0 Å². The molecule has 1 fully saturated rings. The van der Waals surface area contributed by atoms with E-state index in [1.54, 1.807) is 0 Å². The van der Waals surface area contributed by atoms with Crippen molar-refractivity contribution in [2.24, 2.45) is 28.6 Å². The Bertz CT molecular complexity index is 559. The second-order valence-corrected chi connectivity index (χ2v) is 8.48. The van der Waals surface area contributed by atoms with Gasteiger partial charge in [0.1, 0.15) is 6.10 Å². The Morgan fingerprint density at radius 3 is 2.70 bits per heavy atom. The van der Waals surface area contributed by atoms with Crippen LogP contribution in [0.4, 0.5) is 0 Å². The van der Waals surface area contributed by atoms with Gasteiger partial charge < -0.3 is 9.84 Å². The van der Waals surface area contributed by atoms with Gasteiger partial charge in [-0.3, -0.25) is 4.79 Å². The number of carbonyl (C=O) groups is 1. The summed E-state index contributed by atoms with van der Waals surface area (Å²) in [5.41, 5.74) is 1.58. The summed E-state index contributed by atoms with van der Waals surface area (Å²) in [5, 5.41) is 10.2. The minimum atomic E-state index is -0.520. The number of esters is 1. The molecule has 23 heavy (non-hydrogen) atoms. The van der Waals surface area contributed by atoms with Gasteiger partial charge in [0, 0.05) is 12.3 Å². The highest BCUT2D eigenvalue weighted by molar-refractivity contribution is 5.72. The Morgan fingerprint density at radius 1 is 1.48 bits per heavy atom. The molecule has 3 rings (SSSR count). The van der Waals surface area contributed by atoms with Crippen molar-refractivity contribution in [1.82, 2.24) is 0 Å². The zero-order chi connectivity index (χ0) is 17.0. The molecule has 1 spiro atoms. The molecule has 0 amide bonds. The van der Waals surface area contributed by atoms with Crippen LogP contribution >= 0.6 is 0 Å². The molecule has 1 N–H and O–H groups in total. The molecule has 1 saturated carbocycles. The van der Waals surface area contributed by atoms with E-state index < -0.39 is 6.10 Å². The van der Waals surface area contributed by atoms with Crippen LogP contribution in [-0.2, 0) is 9.53 Å². The lowest BCUT2D eigenvalue weighted by atomic mass is 9.62. The quantitative estimate of drug-likeness (QED) is 0.803. The molecule has 0 aliphatic heterocycles. The first-order valence-corrected chi connectivity index (χ1v) is 9.01. The molecule has 0 aromatic heterocycles. The van der Waals surface area contributed by atoms with E-state index in [4.69, 9.17) is 4.74 Å². The van der Waals surface area contributed by atoms with Gasteiger partial charge >= 0.3 is 5.97 Å². The van der Waals surface area contributed by atoms with E-state index >= 15 is 0 Å². The molecular weight excluding hydrogens is 288 g/mol. The molecule has 128 valence electrons. The van der Waals surface area contributed by atoms with E-state index in [2.05, 4.69) is 32.9 Å². The molecule has 3 aliphatic carbocycles. The van der Waals surface area contributed by atoms with Crippen LogP contribution in [0.25, 0.3) is 0 Å². The fourth-order valence-corrected chi connectivity index (χ4v) is 5.02. The van der Waals surface area contributed by atoms with Crippen molar-refractivity contribution in [2.75, 3.05) is 0 Å². The van der Waals surface area contributed by atoms with Gasteiger partial charge in [-0.1, -0.05) is 52.8 Å². The number of allylic oxidation sites excluding steroid dienone is 2. The highest BCUT2D eigenvalue weighted by Gasteiger charge is 2.70. The van der Waals surface area contributed by atoms with E-state index in [1.165, 1.54) is 0 Å². The molecule has 0 saturated heterocycles. The van der Waals surface area contributed by atoms with Crippen LogP contribution in [0.2, 0.25) is 0 Å². The van der Waals surface area contributed by atoms with Crippen LogP contribution in [0.1, 0.15) is 53.9 Å². The number of hydrogen-bond donors (Lipinski definition) is 1. The van der Waals surface area contributed by atoms with Gasteiger partial charge in [0.25, 0.3) is 0 Å². The number of aliphatic hydroxyl groups excluding tert-OH is 1. The standard InChI is InChI=1S/C20H30O3/c1-6-12(2)18(22)23-16-10-15(21)9-14-8-7-13(3)20(17(14)16)11-19(20,4)5/h7-9,12-13,15-17,21H,6,10-11H2,1-5H3/t12-,13?,15?,16?,17+,20?/m0/s1. The van der Waals surface area contributed by atoms with Gasteiger partial charge in [-0.05, 0) is 35.2 Å². The predicted octanol–water partition coefficient (Wildman–Crippen LogP) is 3.87. The first-order chi connectivity index (χ1) is 10.7. The Balaban J connectivity index is 1.94. The zero-order valence-corrected chi connectivity index (χ0v) is 15.0. The number of fused-ring (bicyclic) bond motifs is 2. The lowest BCUT2D eigenvalue weighted by Crippen LogP contribution is -2.45. The minimum Gasteiger partial charge on any atom is -0.461 e. The van der Waals surface area contributed by atoms with E-state index in [-0.39, 0.29) is 34.7 Å². The molecule has 3 heteroatoms. The molecule has 3 nitrogen and oxygen atoms in total. The summed E-state index contributed by atoms with van der Waals surface area (Å²) < 4.78 is 5.93. The van der Waals surface area contributed by atoms with Crippen molar-refractivity contribution in [3.05, 3.63) is 23.8 Å². The number of ether oxygens (including phenoxy) is 1. The molecule has 0 bridgehead atoms. The van der Waals surface area contributed by atoms with Gasteiger partial charge in [0.2, 0.25) is 0 Å². The third-order valence-electron chi connectivity index (χ3n) is 6.69.